The van der Waals surface area contributed by atoms with Crippen LogP contribution in [0.1, 0.15) is 18.4 Å². The molecule has 0 heterocycles. The maximum atomic E-state index is 3.49. The van der Waals surface area contributed by atoms with Gasteiger partial charge in [-0.05, 0) is 42.2 Å². The van der Waals surface area contributed by atoms with E-state index in [0.717, 1.165) is 23.5 Å². The Labute approximate surface area is 111 Å². The van der Waals surface area contributed by atoms with Crippen molar-refractivity contribution in [3.63, 3.8) is 0 Å². The van der Waals surface area contributed by atoms with Gasteiger partial charge >= 0.3 is 0 Å². The molecule has 1 aliphatic carbocycles. The fraction of sp³-hybridized carbons (Fsp3) is 0.538. The maximum absolute atomic E-state index is 3.49. The molecule has 2 rings (SSSR count). The van der Waals surface area contributed by atoms with Crippen molar-refractivity contribution in [1.29, 1.82) is 0 Å². The van der Waals surface area contributed by atoms with Crippen LogP contribution in [0, 0.1) is 5.92 Å². The van der Waals surface area contributed by atoms with Gasteiger partial charge in [-0.1, -0.05) is 28.1 Å². The maximum Gasteiger partial charge on any atom is 0.0206 e. The third-order valence-corrected chi connectivity index (χ3v) is 4.38. The Bertz CT molecular complexity index is 325. The van der Waals surface area contributed by atoms with Crippen LogP contribution in [0.15, 0.2) is 28.7 Å². The minimum Gasteiger partial charge on any atom is -0.312 e. The molecule has 0 bridgehead atoms. The van der Waals surface area contributed by atoms with Crippen molar-refractivity contribution in [1.82, 2.24) is 5.32 Å². The molecule has 1 N–H and O–H groups in total. The topological polar surface area (TPSA) is 12.0 Å². The van der Waals surface area contributed by atoms with Gasteiger partial charge in [-0.3, -0.25) is 0 Å². The minimum absolute atomic E-state index is 0.976. The second-order valence-electron chi connectivity index (χ2n) is 4.32. The molecule has 0 spiro atoms. The van der Waals surface area contributed by atoms with Gasteiger partial charge in [0.1, 0.15) is 0 Å². The van der Waals surface area contributed by atoms with Crippen molar-refractivity contribution in [2.45, 2.75) is 19.4 Å². The third kappa shape index (κ3) is 4.89. The summed E-state index contributed by atoms with van der Waals surface area (Å²) < 4.78 is 1.16. The summed E-state index contributed by atoms with van der Waals surface area (Å²) >= 11 is 5.58. The average Bonchev–Trinajstić information content (AvgIpc) is 3.07. The van der Waals surface area contributed by atoms with Gasteiger partial charge in [0, 0.05) is 23.3 Å². The first-order chi connectivity index (χ1) is 7.84. The van der Waals surface area contributed by atoms with E-state index >= 15 is 0 Å². The van der Waals surface area contributed by atoms with Crippen LogP contribution in [0.5, 0.6) is 0 Å². The highest BCUT2D eigenvalue weighted by Crippen LogP contribution is 2.32. The average molecular weight is 300 g/mol. The lowest BCUT2D eigenvalue weighted by Crippen LogP contribution is -2.16. The molecule has 1 fully saturated rings. The predicted molar refractivity (Wildman–Crippen MR) is 75.9 cm³/mol. The van der Waals surface area contributed by atoms with Crippen molar-refractivity contribution < 1.29 is 0 Å². The standard InChI is InChI=1S/C13H18BrNS/c14-13-3-1-2-12(8-13)9-15-6-7-16-10-11-4-5-11/h1-3,8,11,15H,4-7,9-10H2. The normalized spacial score (nSPS) is 15.3. The molecule has 16 heavy (non-hydrogen) atoms. The van der Waals surface area contributed by atoms with E-state index in [9.17, 15) is 0 Å². The Kier molecular flexibility index (Phi) is 5.20. The van der Waals surface area contributed by atoms with Crippen LogP contribution in [0.4, 0.5) is 0 Å². The highest BCUT2D eigenvalue weighted by atomic mass is 79.9. The van der Waals surface area contributed by atoms with E-state index in [0.29, 0.717) is 0 Å². The number of hydrogen-bond acceptors (Lipinski definition) is 2. The summed E-state index contributed by atoms with van der Waals surface area (Å²) in [7, 11) is 0. The quantitative estimate of drug-likeness (QED) is 0.771. The first-order valence-corrected chi connectivity index (χ1v) is 7.82. The molecule has 0 unspecified atom stereocenters. The summed E-state index contributed by atoms with van der Waals surface area (Å²) in [5.41, 5.74) is 1.35. The molecule has 1 aromatic carbocycles. The summed E-state index contributed by atoms with van der Waals surface area (Å²) in [5, 5.41) is 3.48. The van der Waals surface area contributed by atoms with Crippen LogP contribution in [-0.2, 0) is 6.54 Å². The van der Waals surface area contributed by atoms with Crippen LogP contribution in [0.25, 0.3) is 0 Å². The summed E-state index contributed by atoms with van der Waals surface area (Å²) in [6, 6.07) is 8.48. The molecule has 0 amide bonds. The number of rotatable bonds is 7. The van der Waals surface area contributed by atoms with Crippen LogP contribution < -0.4 is 5.32 Å². The lowest BCUT2D eigenvalue weighted by atomic mass is 10.2. The fourth-order valence-corrected chi connectivity index (χ4v) is 3.13. The van der Waals surface area contributed by atoms with Gasteiger partial charge in [0.15, 0.2) is 0 Å². The van der Waals surface area contributed by atoms with E-state index in [1.165, 1.54) is 29.9 Å². The van der Waals surface area contributed by atoms with Crippen LogP contribution in [0.3, 0.4) is 0 Å². The molecule has 1 saturated carbocycles. The molecule has 0 radical (unpaired) electrons. The Morgan fingerprint density at radius 1 is 1.38 bits per heavy atom. The molecule has 0 atom stereocenters. The van der Waals surface area contributed by atoms with Gasteiger partial charge in [-0.15, -0.1) is 0 Å². The first-order valence-electron chi connectivity index (χ1n) is 5.87. The Morgan fingerprint density at radius 2 is 2.25 bits per heavy atom. The number of nitrogens with one attached hydrogen (secondary N) is 1. The Hall–Kier alpha value is 0.01000. The van der Waals surface area contributed by atoms with Crippen LogP contribution in [0.2, 0.25) is 0 Å². The van der Waals surface area contributed by atoms with Crippen molar-refractivity contribution in [2.24, 2.45) is 5.92 Å². The summed E-state index contributed by atoms with van der Waals surface area (Å²) in [6.45, 7) is 2.09. The van der Waals surface area contributed by atoms with Gasteiger partial charge < -0.3 is 5.32 Å². The van der Waals surface area contributed by atoms with Crippen molar-refractivity contribution in [3.05, 3.63) is 34.3 Å². The zero-order chi connectivity index (χ0) is 11.2. The lowest BCUT2D eigenvalue weighted by molar-refractivity contribution is 0.731. The molecular formula is C13H18BrNS. The van der Waals surface area contributed by atoms with Crippen molar-refractivity contribution in [2.75, 3.05) is 18.1 Å². The summed E-state index contributed by atoms with van der Waals surface area (Å²) in [5.74, 6) is 3.67. The molecule has 0 aromatic heterocycles. The van der Waals surface area contributed by atoms with E-state index in [2.05, 4.69) is 57.3 Å². The molecule has 0 aliphatic heterocycles. The number of benzene rings is 1. The SMILES string of the molecule is Brc1cccc(CNCCSCC2CC2)c1. The Morgan fingerprint density at radius 3 is 3.00 bits per heavy atom. The highest BCUT2D eigenvalue weighted by Gasteiger charge is 2.20. The highest BCUT2D eigenvalue weighted by molar-refractivity contribution is 9.10. The molecule has 3 heteroatoms. The lowest BCUT2D eigenvalue weighted by Gasteiger charge is -2.05. The largest absolute Gasteiger partial charge is 0.312 e. The monoisotopic (exact) mass is 299 g/mol. The Balaban J connectivity index is 1.53. The zero-order valence-corrected chi connectivity index (χ0v) is 11.8. The van der Waals surface area contributed by atoms with Gasteiger partial charge in [0.05, 0.1) is 0 Å². The van der Waals surface area contributed by atoms with Gasteiger partial charge in [0.2, 0.25) is 0 Å². The summed E-state index contributed by atoms with van der Waals surface area (Å²) in [6.07, 6.45) is 2.94. The number of thioether (sulfide) groups is 1. The fourth-order valence-electron chi connectivity index (χ4n) is 1.56. The van der Waals surface area contributed by atoms with E-state index in [1.54, 1.807) is 0 Å². The summed E-state index contributed by atoms with van der Waals surface area (Å²) in [4.78, 5) is 0. The molecule has 1 aliphatic rings. The van der Waals surface area contributed by atoms with Gasteiger partial charge in [0.25, 0.3) is 0 Å². The van der Waals surface area contributed by atoms with Gasteiger partial charge in [-0.2, -0.15) is 11.8 Å². The second kappa shape index (κ2) is 6.67. The molecule has 1 nitrogen and oxygen atoms in total. The van der Waals surface area contributed by atoms with E-state index < -0.39 is 0 Å². The van der Waals surface area contributed by atoms with E-state index in [-0.39, 0.29) is 0 Å². The molecule has 88 valence electrons. The number of hydrogen-bond donors (Lipinski definition) is 1. The van der Waals surface area contributed by atoms with Crippen LogP contribution in [-0.4, -0.2) is 18.1 Å². The molecule has 1 aromatic rings. The molecule has 0 saturated heterocycles. The van der Waals surface area contributed by atoms with Gasteiger partial charge in [-0.25, -0.2) is 0 Å². The van der Waals surface area contributed by atoms with Crippen molar-refractivity contribution >= 4 is 27.7 Å². The number of halogens is 1. The minimum atomic E-state index is 0.976. The zero-order valence-electron chi connectivity index (χ0n) is 9.42. The van der Waals surface area contributed by atoms with E-state index in [4.69, 9.17) is 0 Å². The second-order valence-corrected chi connectivity index (χ2v) is 6.39. The predicted octanol–water partition coefficient (Wildman–Crippen LogP) is 3.68. The smallest absolute Gasteiger partial charge is 0.0206 e. The molecular weight excluding hydrogens is 282 g/mol. The van der Waals surface area contributed by atoms with Crippen LogP contribution >= 0.6 is 27.7 Å². The first kappa shape index (κ1) is 12.5. The third-order valence-electron chi connectivity index (χ3n) is 2.69. The van der Waals surface area contributed by atoms with E-state index in [1.807, 2.05) is 0 Å². The van der Waals surface area contributed by atoms with Crippen molar-refractivity contribution in [3.8, 4) is 0 Å².